The Hall–Kier alpha value is -3.93. The Morgan fingerprint density at radius 1 is 0.256 bits per heavy atom. The van der Waals surface area contributed by atoms with Crippen molar-refractivity contribution in [1.82, 2.24) is 0 Å². The standard InChI is InChI=1S/C76H130O6/c1-4-7-10-13-16-19-22-25-28-31-33-35-37-38-39-41-42-45-48-51-54-57-60-63-66-69-75(78)81-72-73(71-80-74(77)68-65-62-59-56-53-50-47-44-30-27-24-21-18-15-12-9-6-3)82-76(79)70-67-64-61-58-55-52-49-46-43-40-36-34-32-29-26-23-20-17-14-11-8-5-2/h7,10,16,18-19,21,25,27-28,30,33,35,38-39,42,45,51,54,73H,4-6,8-9,11-15,17,20,22-24,26,29,31-32,34,36-37,40-41,43-44,46-50,52-53,55-72H2,1-3H3/b10-7-,19-16-,21-18-,28-25-,30-27-,35-33-,39-38-,45-42-,54-51-. The van der Waals surface area contributed by atoms with E-state index in [4.69, 9.17) is 14.2 Å². The zero-order valence-electron chi connectivity index (χ0n) is 54.0. The maximum absolute atomic E-state index is 13.0. The lowest BCUT2D eigenvalue weighted by Crippen LogP contribution is -2.30. The van der Waals surface area contributed by atoms with Crippen LogP contribution in [0.3, 0.4) is 0 Å². The lowest BCUT2D eigenvalue weighted by molar-refractivity contribution is -0.167. The van der Waals surface area contributed by atoms with Crippen LogP contribution in [0.1, 0.15) is 335 Å². The SMILES string of the molecule is CC/C=C\C/C=C\C/C=C\C/C=C\C/C=C\C/C=C\C/C=C\CCCCCC(=O)OCC(COC(=O)CCCCCCCCC/C=C\C/C=C\CCCCC)OC(=O)CCCCCCCCCCCCCCCCCCCCCCCC. The number of esters is 3. The molecular formula is C76H130O6. The number of hydrogen-bond donors (Lipinski definition) is 0. The van der Waals surface area contributed by atoms with E-state index in [9.17, 15) is 14.4 Å². The van der Waals surface area contributed by atoms with Gasteiger partial charge in [-0.2, -0.15) is 0 Å². The van der Waals surface area contributed by atoms with E-state index in [1.54, 1.807) is 0 Å². The molecule has 0 rings (SSSR count). The van der Waals surface area contributed by atoms with Gasteiger partial charge in [-0.05, 0) is 109 Å². The number of allylic oxidation sites excluding steroid dienone is 18. The first-order chi connectivity index (χ1) is 40.5. The van der Waals surface area contributed by atoms with E-state index in [1.807, 2.05) is 0 Å². The Morgan fingerprint density at radius 2 is 0.476 bits per heavy atom. The third kappa shape index (κ3) is 66.9. The predicted octanol–water partition coefficient (Wildman–Crippen LogP) is 24.2. The fourth-order valence-electron chi connectivity index (χ4n) is 9.81. The molecule has 0 bridgehead atoms. The molecule has 0 aromatic heterocycles. The molecule has 0 aliphatic rings. The highest BCUT2D eigenvalue weighted by atomic mass is 16.6. The van der Waals surface area contributed by atoms with E-state index in [0.717, 1.165) is 122 Å². The number of rotatable bonds is 63. The summed E-state index contributed by atoms with van der Waals surface area (Å²) in [7, 11) is 0. The monoisotopic (exact) mass is 1140 g/mol. The van der Waals surface area contributed by atoms with Crippen molar-refractivity contribution < 1.29 is 28.6 Å². The van der Waals surface area contributed by atoms with Crippen LogP contribution in [-0.2, 0) is 28.6 Å². The van der Waals surface area contributed by atoms with Crippen LogP contribution >= 0.6 is 0 Å². The lowest BCUT2D eigenvalue weighted by Gasteiger charge is -2.18. The van der Waals surface area contributed by atoms with Gasteiger partial charge in [-0.25, -0.2) is 0 Å². The van der Waals surface area contributed by atoms with Crippen molar-refractivity contribution in [2.45, 2.75) is 341 Å². The summed E-state index contributed by atoms with van der Waals surface area (Å²) >= 11 is 0. The van der Waals surface area contributed by atoms with Crippen molar-refractivity contribution in [2.24, 2.45) is 0 Å². The molecule has 0 aromatic carbocycles. The maximum Gasteiger partial charge on any atom is 0.306 e. The summed E-state index contributed by atoms with van der Waals surface area (Å²) in [6.45, 7) is 6.51. The van der Waals surface area contributed by atoms with Crippen LogP contribution in [0.2, 0.25) is 0 Å². The van der Waals surface area contributed by atoms with Gasteiger partial charge in [-0.15, -0.1) is 0 Å². The van der Waals surface area contributed by atoms with E-state index in [2.05, 4.69) is 130 Å². The molecule has 0 N–H and O–H groups in total. The zero-order chi connectivity index (χ0) is 59.2. The molecule has 6 nitrogen and oxygen atoms in total. The molecule has 0 aliphatic heterocycles. The summed E-state index contributed by atoms with van der Waals surface area (Å²) < 4.78 is 17.0. The summed E-state index contributed by atoms with van der Waals surface area (Å²) in [6, 6.07) is 0. The van der Waals surface area contributed by atoms with Gasteiger partial charge < -0.3 is 14.2 Å². The summed E-state index contributed by atoms with van der Waals surface area (Å²) in [5.41, 5.74) is 0. The average molecular weight is 1140 g/mol. The van der Waals surface area contributed by atoms with Gasteiger partial charge in [0.05, 0.1) is 0 Å². The Labute approximate surface area is 508 Å². The molecule has 0 aliphatic carbocycles. The van der Waals surface area contributed by atoms with Gasteiger partial charge in [0.25, 0.3) is 0 Å². The second kappa shape index (κ2) is 69.6. The van der Waals surface area contributed by atoms with Crippen molar-refractivity contribution in [1.29, 1.82) is 0 Å². The van der Waals surface area contributed by atoms with E-state index >= 15 is 0 Å². The highest BCUT2D eigenvalue weighted by Crippen LogP contribution is 2.17. The van der Waals surface area contributed by atoms with Gasteiger partial charge in [0.15, 0.2) is 6.10 Å². The third-order valence-corrected chi connectivity index (χ3v) is 15.0. The van der Waals surface area contributed by atoms with E-state index in [0.29, 0.717) is 19.3 Å². The summed E-state index contributed by atoms with van der Waals surface area (Å²) in [4.78, 5) is 38.5. The number of ether oxygens (including phenoxy) is 3. The average Bonchev–Trinajstić information content (AvgIpc) is 3.47. The summed E-state index contributed by atoms with van der Waals surface area (Å²) in [5, 5.41) is 0. The van der Waals surface area contributed by atoms with Crippen molar-refractivity contribution in [3.05, 3.63) is 109 Å². The van der Waals surface area contributed by atoms with Crippen LogP contribution in [0.5, 0.6) is 0 Å². The second-order valence-electron chi connectivity index (χ2n) is 23.1. The van der Waals surface area contributed by atoms with Crippen molar-refractivity contribution in [3.8, 4) is 0 Å². The molecule has 1 unspecified atom stereocenters. The highest BCUT2D eigenvalue weighted by molar-refractivity contribution is 5.71. The molecule has 0 radical (unpaired) electrons. The van der Waals surface area contributed by atoms with Gasteiger partial charge in [0.1, 0.15) is 13.2 Å². The second-order valence-corrected chi connectivity index (χ2v) is 23.1. The molecule has 0 heterocycles. The normalized spacial score (nSPS) is 12.8. The van der Waals surface area contributed by atoms with Crippen LogP contribution in [0.25, 0.3) is 0 Å². The lowest BCUT2D eigenvalue weighted by atomic mass is 10.0. The Bertz CT molecular complexity index is 1640. The van der Waals surface area contributed by atoms with Crippen LogP contribution in [0.4, 0.5) is 0 Å². The van der Waals surface area contributed by atoms with Crippen LogP contribution in [0.15, 0.2) is 109 Å². The Kier molecular flexibility index (Phi) is 66.2. The van der Waals surface area contributed by atoms with Crippen molar-refractivity contribution in [3.63, 3.8) is 0 Å². The molecule has 470 valence electrons. The Morgan fingerprint density at radius 3 is 0.780 bits per heavy atom. The molecule has 1 atom stereocenters. The number of carbonyl (C=O) groups is 3. The third-order valence-electron chi connectivity index (χ3n) is 15.0. The topological polar surface area (TPSA) is 78.9 Å². The summed E-state index contributed by atoms with van der Waals surface area (Å²) in [5.74, 6) is -0.918. The molecule has 0 saturated carbocycles. The van der Waals surface area contributed by atoms with Crippen molar-refractivity contribution in [2.75, 3.05) is 13.2 Å². The van der Waals surface area contributed by atoms with Gasteiger partial charge in [-0.1, -0.05) is 316 Å². The van der Waals surface area contributed by atoms with Gasteiger partial charge in [0.2, 0.25) is 0 Å². The van der Waals surface area contributed by atoms with Gasteiger partial charge in [-0.3, -0.25) is 14.4 Å². The first-order valence-electron chi connectivity index (χ1n) is 34.9. The highest BCUT2D eigenvalue weighted by Gasteiger charge is 2.19. The van der Waals surface area contributed by atoms with Crippen LogP contribution < -0.4 is 0 Å². The number of carbonyl (C=O) groups excluding carboxylic acids is 3. The minimum Gasteiger partial charge on any atom is -0.462 e. The number of hydrogen-bond acceptors (Lipinski definition) is 6. The molecule has 6 heteroatoms. The predicted molar refractivity (Wildman–Crippen MR) is 357 cm³/mol. The van der Waals surface area contributed by atoms with Gasteiger partial charge >= 0.3 is 17.9 Å². The molecule has 0 amide bonds. The van der Waals surface area contributed by atoms with E-state index in [-0.39, 0.29) is 31.1 Å². The number of unbranched alkanes of at least 4 members (excludes halogenated alkanes) is 34. The molecule has 82 heavy (non-hydrogen) atoms. The fraction of sp³-hybridized carbons (Fsp3) is 0.724. The first-order valence-corrected chi connectivity index (χ1v) is 34.9. The van der Waals surface area contributed by atoms with Gasteiger partial charge in [0, 0.05) is 19.3 Å². The summed E-state index contributed by atoms with van der Waals surface area (Å²) in [6.07, 6.45) is 95.3. The fourth-order valence-corrected chi connectivity index (χ4v) is 9.81. The molecule has 0 spiro atoms. The zero-order valence-corrected chi connectivity index (χ0v) is 54.0. The molecule has 0 fully saturated rings. The minimum absolute atomic E-state index is 0.0915. The minimum atomic E-state index is -0.798. The van der Waals surface area contributed by atoms with E-state index < -0.39 is 6.10 Å². The molecular weight excluding hydrogens is 1010 g/mol. The molecule has 0 aromatic rings. The smallest absolute Gasteiger partial charge is 0.306 e. The van der Waals surface area contributed by atoms with Crippen LogP contribution in [-0.4, -0.2) is 37.2 Å². The first kappa shape index (κ1) is 78.1. The van der Waals surface area contributed by atoms with E-state index in [1.165, 1.54) is 173 Å². The quantitative estimate of drug-likeness (QED) is 0.0261. The largest absolute Gasteiger partial charge is 0.462 e. The maximum atomic E-state index is 13.0. The molecule has 0 saturated heterocycles. The van der Waals surface area contributed by atoms with Crippen molar-refractivity contribution >= 4 is 17.9 Å². The Balaban J connectivity index is 4.43. The van der Waals surface area contributed by atoms with Crippen LogP contribution in [0, 0.1) is 0 Å².